The lowest BCUT2D eigenvalue weighted by Gasteiger charge is -2.18. The van der Waals surface area contributed by atoms with Gasteiger partial charge in [-0.3, -0.25) is 4.79 Å². The summed E-state index contributed by atoms with van der Waals surface area (Å²) in [6, 6.07) is 3.20. The third-order valence-corrected chi connectivity index (χ3v) is 4.50. The highest BCUT2D eigenvalue weighted by Crippen LogP contribution is 2.38. The maximum atomic E-state index is 13.8. The number of amides is 1. The number of hydrogen-bond acceptors (Lipinski definition) is 3. The van der Waals surface area contributed by atoms with E-state index in [0.29, 0.717) is 11.8 Å². The molecule has 0 radical (unpaired) electrons. The van der Waals surface area contributed by atoms with Crippen molar-refractivity contribution in [3.05, 3.63) is 29.6 Å². The van der Waals surface area contributed by atoms with Crippen LogP contribution in [0.1, 0.15) is 29.6 Å². The van der Waals surface area contributed by atoms with Crippen LogP contribution in [-0.4, -0.2) is 29.6 Å². The third kappa shape index (κ3) is 2.63. The molecule has 2 fully saturated rings. The molecule has 0 spiro atoms. The Kier molecular flexibility index (Phi) is 3.63. The van der Waals surface area contributed by atoms with Gasteiger partial charge >= 0.3 is 5.97 Å². The van der Waals surface area contributed by atoms with Crippen molar-refractivity contribution in [3.8, 4) is 0 Å². The minimum Gasteiger partial charge on any atom is -0.478 e. The highest BCUT2D eigenvalue weighted by Gasteiger charge is 2.42. The summed E-state index contributed by atoms with van der Waals surface area (Å²) >= 11 is 0. The van der Waals surface area contributed by atoms with E-state index in [2.05, 4.69) is 10.6 Å². The molecule has 1 saturated carbocycles. The number of anilines is 1. The molecule has 1 aliphatic heterocycles. The first-order valence-electron chi connectivity index (χ1n) is 7.13. The fraction of sp³-hybridized carbons (Fsp3) is 0.467. The van der Waals surface area contributed by atoms with Gasteiger partial charge in [-0.15, -0.1) is 0 Å². The number of hydrogen-bond donors (Lipinski definition) is 3. The first kappa shape index (κ1) is 14.0. The molecule has 6 heteroatoms. The molecule has 1 saturated heterocycles. The molecular formula is C15H17FN2O3. The van der Waals surface area contributed by atoms with E-state index in [1.54, 1.807) is 0 Å². The molecule has 1 aromatic carbocycles. The first-order chi connectivity index (χ1) is 10.1. The van der Waals surface area contributed by atoms with Crippen molar-refractivity contribution in [2.45, 2.75) is 25.3 Å². The van der Waals surface area contributed by atoms with Crippen molar-refractivity contribution in [1.82, 2.24) is 5.32 Å². The average molecular weight is 292 g/mol. The average Bonchev–Trinajstić information content (AvgIpc) is 3.03. The minimum atomic E-state index is -1.20. The van der Waals surface area contributed by atoms with Crippen LogP contribution in [0.4, 0.5) is 10.1 Å². The summed E-state index contributed by atoms with van der Waals surface area (Å²) in [6.45, 7) is 0.836. The minimum absolute atomic E-state index is 0.0215. The van der Waals surface area contributed by atoms with Crippen LogP contribution in [0.3, 0.4) is 0 Å². The Morgan fingerprint density at radius 3 is 2.86 bits per heavy atom. The summed E-state index contributed by atoms with van der Waals surface area (Å²) in [5, 5.41) is 14.6. The van der Waals surface area contributed by atoms with Gasteiger partial charge in [0.2, 0.25) is 5.91 Å². The second-order valence-corrected chi connectivity index (χ2v) is 5.73. The topological polar surface area (TPSA) is 78.4 Å². The van der Waals surface area contributed by atoms with Crippen LogP contribution in [0.2, 0.25) is 0 Å². The lowest BCUT2D eigenvalue weighted by Crippen LogP contribution is -2.39. The summed E-state index contributed by atoms with van der Waals surface area (Å²) in [4.78, 5) is 23.0. The van der Waals surface area contributed by atoms with Crippen molar-refractivity contribution in [2.75, 3.05) is 11.9 Å². The number of aromatic carboxylic acids is 1. The summed E-state index contributed by atoms with van der Waals surface area (Å²) in [7, 11) is 0. The van der Waals surface area contributed by atoms with Gasteiger partial charge in [0.15, 0.2) is 0 Å². The third-order valence-electron chi connectivity index (χ3n) is 4.50. The van der Waals surface area contributed by atoms with Crippen LogP contribution in [0, 0.1) is 17.7 Å². The Morgan fingerprint density at radius 2 is 2.14 bits per heavy atom. The Labute approximate surface area is 121 Å². The molecule has 1 heterocycles. The smallest absolute Gasteiger partial charge is 0.335 e. The first-order valence-corrected chi connectivity index (χ1v) is 7.13. The van der Waals surface area contributed by atoms with Gasteiger partial charge < -0.3 is 15.7 Å². The molecule has 3 atom stereocenters. The molecule has 5 nitrogen and oxygen atoms in total. The summed E-state index contributed by atoms with van der Waals surface area (Å²) in [5.74, 6) is -1.31. The number of carbonyl (C=O) groups is 2. The lowest BCUT2D eigenvalue weighted by atomic mass is 9.93. The second kappa shape index (κ2) is 5.44. The van der Waals surface area contributed by atoms with E-state index in [1.807, 2.05) is 0 Å². The molecule has 2 aliphatic rings. The highest BCUT2D eigenvalue weighted by molar-refractivity contribution is 5.96. The van der Waals surface area contributed by atoms with Gasteiger partial charge in [-0.25, -0.2) is 9.18 Å². The Morgan fingerprint density at radius 1 is 1.33 bits per heavy atom. The van der Waals surface area contributed by atoms with Crippen molar-refractivity contribution in [3.63, 3.8) is 0 Å². The van der Waals surface area contributed by atoms with Crippen LogP contribution in [-0.2, 0) is 4.79 Å². The summed E-state index contributed by atoms with van der Waals surface area (Å²) < 4.78 is 13.8. The number of fused-ring (bicyclic) bond motifs is 1. The molecule has 1 aromatic rings. The van der Waals surface area contributed by atoms with Crippen molar-refractivity contribution in [2.24, 2.45) is 11.8 Å². The van der Waals surface area contributed by atoms with Crippen LogP contribution in [0.5, 0.6) is 0 Å². The SMILES string of the molecule is O=C(O)c1ccc(NC(=O)C2NCC3CCCC32)c(F)c1. The van der Waals surface area contributed by atoms with Gasteiger partial charge in [0, 0.05) is 0 Å². The number of halogens is 1. The van der Waals surface area contributed by atoms with Crippen LogP contribution < -0.4 is 10.6 Å². The van der Waals surface area contributed by atoms with Crippen LogP contribution >= 0.6 is 0 Å². The van der Waals surface area contributed by atoms with E-state index in [9.17, 15) is 14.0 Å². The van der Waals surface area contributed by atoms with Crippen LogP contribution in [0.25, 0.3) is 0 Å². The highest BCUT2D eigenvalue weighted by atomic mass is 19.1. The molecule has 112 valence electrons. The van der Waals surface area contributed by atoms with Crippen LogP contribution in [0.15, 0.2) is 18.2 Å². The zero-order valence-electron chi connectivity index (χ0n) is 11.4. The molecular weight excluding hydrogens is 275 g/mol. The van der Waals surface area contributed by atoms with E-state index in [1.165, 1.54) is 12.1 Å². The number of rotatable bonds is 3. The van der Waals surface area contributed by atoms with Gasteiger partial charge in [-0.2, -0.15) is 0 Å². The number of carbonyl (C=O) groups excluding carboxylic acids is 1. The molecule has 3 unspecified atom stereocenters. The van der Waals surface area contributed by atoms with E-state index in [4.69, 9.17) is 5.11 Å². The van der Waals surface area contributed by atoms with E-state index in [0.717, 1.165) is 31.9 Å². The number of benzene rings is 1. The molecule has 1 aliphatic carbocycles. The molecule has 3 N–H and O–H groups in total. The zero-order chi connectivity index (χ0) is 15.0. The predicted octanol–water partition coefficient (Wildman–Crippen LogP) is 1.85. The second-order valence-electron chi connectivity index (χ2n) is 5.73. The fourth-order valence-corrected chi connectivity index (χ4v) is 3.43. The Hall–Kier alpha value is -1.95. The lowest BCUT2D eigenvalue weighted by molar-refractivity contribution is -0.118. The molecule has 0 aromatic heterocycles. The predicted molar refractivity (Wildman–Crippen MR) is 74.6 cm³/mol. The maximum absolute atomic E-state index is 13.8. The van der Waals surface area contributed by atoms with Gasteiger partial charge in [0.25, 0.3) is 0 Å². The monoisotopic (exact) mass is 292 g/mol. The molecule has 3 rings (SSSR count). The normalized spacial score (nSPS) is 27.4. The van der Waals surface area contributed by atoms with Gasteiger partial charge in [0.1, 0.15) is 5.82 Å². The maximum Gasteiger partial charge on any atom is 0.335 e. The van der Waals surface area contributed by atoms with Gasteiger partial charge in [0.05, 0.1) is 17.3 Å². The van der Waals surface area contributed by atoms with Crippen molar-refractivity contribution in [1.29, 1.82) is 0 Å². The van der Waals surface area contributed by atoms with Gasteiger partial charge in [-0.1, -0.05) is 6.42 Å². The number of carboxylic acids is 1. The molecule has 21 heavy (non-hydrogen) atoms. The number of carboxylic acid groups (broad SMARTS) is 1. The fourth-order valence-electron chi connectivity index (χ4n) is 3.43. The Bertz CT molecular complexity index is 590. The van der Waals surface area contributed by atoms with Crippen molar-refractivity contribution < 1.29 is 19.1 Å². The largest absolute Gasteiger partial charge is 0.478 e. The summed E-state index contributed by atoms with van der Waals surface area (Å²) in [6.07, 6.45) is 3.31. The molecule has 0 bridgehead atoms. The van der Waals surface area contributed by atoms with Gasteiger partial charge in [-0.05, 0) is 49.4 Å². The summed E-state index contributed by atoms with van der Waals surface area (Å²) in [5.41, 5.74) is -0.117. The van der Waals surface area contributed by atoms with E-state index in [-0.39, 0.29) is 23.2 Å². The van der Waals surface area contributed by atoms with Crippen molar-refractivity contribution >= 4 is 17.6 Å². The molecule has 1 amide bonds. The van der Waals surface area contributed by atoms with E-state index < -0.39 is 11.8 Å². The van der Waals surface area contributed by atoms with E-state index >= 15 is 0 Å². The zero-order valence-corrected chi connectivity index (χ0v) is 11.4. The number of nitrogens with one attached hydrogen (secondary N) is 2. The standard InChI is InChI=1S/C15H17FN2O3/c16-11-6-8(15(20)21)4-5-12(11)18-14(19)13-10-3-1-2-9(10)7-17-13/h4-6,9-10,13,17H,1-3,7H2,(H,18,19)(H,20,21). The quantitative estimate of drug-likeness (QED) is 0.794. The Balaban J connectivity index is 1.71.